The van der Waals surface area contributed by atoms with E-state index in [-0.39, 0.29) is 5.78 Å². The van der Waals surface area contributed by atoms with Gasteiger partial charge >= 0.3 is 0 Å². The monoisotopic (exact) mass is 285 g/mol. The number of Topliss-reactive ketones (excluding diaryl/α,β-unsaturated/α-hetero) is 1. The van der Waals surface area contributed by atoms with Gasteiger partial charge in [0.05, 0.1) is 6.20 Å². The molecule has 3 N–H and O–H groups in total. The van der Waals surface area contributed by atoms with Crippen molar-refractivity contribution in [3.63, 3.8) is 0 Å². The number of pyridine rings is 1. The van der Waals surface area contributed by atoms with Crippen LogP contribution in [0, 0.1) is 5.82 Å². The molecule has 4 nitrogen and oxygen atoms in total. The zero-order chi connectivity index (χ0) is 15.4. The second-order valence-electron chi connectivity index (χ2n) is 4.47. The zero-order valence-electron chi connectivity index (χ0n) is 11.9. The van der Waals surface area contributed by atoms with Gasteiger partial charge in [-0.05, 0) is 32.1 Å². The first-order valence-corrected chi connectivity index (χ1v) is 6.50. The van der Waals surface area contributed by atoms with Crippen LogP contribution >= 0.6 is 0 Å². The summed E-state index contributed by atoms with van der Waals surface area (Å²) in [5.41, 5.74) is 7.55. The Hall–Kier alpha value is -2.69. The summed E-state index contributed by atoms with van der Waals surface area (Å²) < 4.78 is 13.3. The Balaban J connectivity index is 2.46. The SMILES string of the molecule is C\C=C/C(N)=C\C(=C/C)C(=O)c1c[nH]c2ncc(F)cc12. The maximum atomic E-state index is 13.3. The first-order valence-electron chi connectivity index (χ1n) is 6.50. The number of fused-ring (bicyclic) bond motifs is 1. The van der Waals surface area contributed by atoms with Gasteiger partial charge in [-0.2, -0.15) is 0 Å². The van der Waals surface area contributed by atoms with Crippen molar-refractivity contribution in [2.24, 2.45) is 5.73 Å². The molecule has 0 saturated heterocycles. The molecule has 2 aromatic rings. The van der Waals surface area contributed by atoms with Gasteiger partial charge in [0.1, 0.15) is 11.5 Å². The standard InChI is InChI=1S/C16H16FN3O/c1-3-5-12(18)6-10(4-2)15(21)14-9-20-16-13(14)7-11(17)8-19-16/h3-9H,18H2,1-2H3,(H,19,20)/b5-3-,10-4+,12-6+. The van der Waals surface area contributed by atoms with Crippen molar-refractivity contribution in [1.82, 2.24) is 9.97 Å². The summed E-state index contributed by atoms with van der Waals surface area (Å²) >= 11 is 0. The number of nitrogens with one attached hydrogen (secondary N) is 1. The molecule has 0 fully saturated rings. The summed E-state index contributed by atoms with van der Waals surface area (Å²) in [6, 6.07) is 1.29. The molecule has 0 aliphatic rings. The van der Waals surface area contributed by atoms with E-state index < -0.39 is 5.82 Å². The summed E-state index contributed by atoms with van der Waals surface area (Å²) in [5, 5.41) is 0.456. The van der Waals surface area contributed by atoms with Gasteiger partial charge in [-0.3, -0.25) is 4.79 Å². The fraction of sp³-hybridized carbons (Fsp3) is 0.125. The molecular formula is C16H16FN3O. The van der Waals surface area contributed by atoms with Crippen LogP contribution in [-0.2, 0) is 0 Å². The van der Waals surface area contributed by atoms with Crippen LogP contribution in [-0.4, -0.2) is 15.8 Å². The number of carbonyl (C=O) groups is 1. The van der Waals surface area contributed by atoms with Crippen molar-refractivity contribution in [1.29, 1.82) is 0 Å². The normalized spacial score (nSPS) is 13.3. The maximum absolute atomic E-state index is 13.3. The van der Waals surface area contributed by atoms with E-state index in [0.29, 0.717) is 27.9 Å². The van der Waals surface area contributed by atoms with Crippen LogP contribution in [0.1, 0.15) is 24.2 Å². The molecule has 108 valence electrons. The number of H-pyrrole nitrogens is 1. The average Bonchev–Trinajstić information content (AvgIpc) is 2.87. The second-order valence-corrected chi connectivity index (χ2v) is 4.47. The van der Waals surface area contributed by atoms with Crippen LogP contribution in [0.15, 0.2) is 54.0 Å². The number of hydrogen-bond donors (Lipinski definition) is 2. The van der Waals surface area contributed by atoms with Crippen molar-refractivity contribution >= 4 is 16.8 Å². The van der Waals surface area contributed by atoms with Crippen molar-refractivity contribution in [2.45, 2.75) is 13.8 Å². The Morgan fingerprint density at radius 3 is 2.86 bits per heavy atom. The molecule has 5 heteroatoms. The molecular weight excluding hydrogens is 269 g/mol. The Morgan fingerprint density at radius 1 is 1.43 bits per heavy atom. The lowest BCUT2D eigenvalue weighted by atomic mass is 10.0. The minimum Gasteiger partial charge on any atom is -0.399 e. The molecule has 2 heterocycles. The number of ketones is 1. The Kier molecular flexibility index (Phi) is 4.33. The number of nitrogens with two attached hydrogens (primary N) is 1. The fourth-order valence-electron chi connectivity index (χ4n) is 2.02. The number of allylic oxidation sites excluding steroid dienone is 5. The van der Waals surface area contributed by atoms with Crippen molar-refractivity contribution in [2.75, 3.05) is 0 Å². The number of halogens is 1. The van der Waals surface area contributed by atoms with Crippen LogP contribution in [0.5, 0.6) is 0 Å². The Labute approximate surface area is 121 Å². The summed E-state index contributed by atoms with van der Waals surface area (Å²) in [6.07, 6.45) is 9.39. The van der Waals surface area contributed by atoms with Gasteiger partial charge in [-0.25, -0.2) is 9.37 Å². The summed E-state index contributed by atoms with van der Waals surface area (Å²) in [5.74, 6) is -0.717. The Morgan fingerprint density at radius 2 is 2.19 bits per heavy atom. The highest BCUT2D eigenvalue weighted by atomic mass is 19.1. The zero-order valence-corrected chi connectivity index (χ0v) is 11.9. The summed E-state index contributed by atoms with van der Waals surface area (Å²) in [7, 11) is 0. The van der Waals surface area contributed by atoms with Crippen LogP contribution in [0.25, 0.3) is 11.0 Å². The summed E-state index contributed by atoms with van der Waals surface area (Å²) in [4.78, 5) is 19.3. The van der Waals surface area contributed by atoms with E-state index in [0.717, 1.165) is 6.20 Å². The van der Waals surface area contributed by atoms with Crippen molar-refractivity contribution in [3.8, 4) is 0 Å². The molecule has 0 radical (unpaired) electrons. The predicted octanol–water partition coefficient (Wildman–Crippen LogP) is 3.25. The average molecular weight is 285 g/mol. The van der Waals surface area contributed by atoms with E-state index in [2.05, 4.69) is 9.97 Å². The van der Waals surface area contributed by atoms with E-state index in [1.165, 1.54) is 12.3 Å². The van der Waals surface area contributed by atoms with E-state index in [1.54, 1.807) is 31.2 Å². The number of rotatable bonds is 4. The third-order valence-electron chi connectivity index (χ3n) is 3.00. The highest BCUT2D eigenvalue weighted by molar-refractivity contribution is 6.17. The molecule has 0 aromatic carbocycles. The number of aromatic nitrogens is 2. The van der Waals surface area contributed by atoms with Gasteiger partial charge in [-0.1, -0.05) is 12.2 Å². The smallest absolute Gasteiger partial charge is 0.194 e. The molecule has 0 unspecified atom stereocenters. The fourth-order valence-corrected chi connectivity index (χ4v) is 2.02. The van der Waals surface area contributed by atoms with Gasteiger partial charge in [0.15, 0.2) is 5.78 Å². The predicted molar refractivity (Wildman–Crippen MR) is 81.2 cm³/mol. The Bertz CT molecular complexity index is 769. The van der Waals surface area contributed by atoms with Crippen molar-refractivity contribution < 1.29 is 9.18 Å². The van der Waals surface area contributed by atoms with Crippen molar-refractivity contribution in [3.05, 3.63) is 65.4 Å². The minimum absolute atomic E-state index is 0.233. The molecule has 0 aliphatic carbocycles. The van der Waals surface area contributed by atoms with E-state index >= 15 is 0 Å². The number of aromatic amines is 1. The molecule has 0 aliphatic heterocycles. The number of nitrogens with zero attached hydrogens (tertiary/aromatic N) is 1. The highest BCUT2D eigenvalue weighted by Crippen LogP contribution is 2.21. The molecule has 0 spiro atoms. The van der Waals surface area contributed by atoms with E-state index in [1.807, 2.05) is 6.92 Å². The quantitative estimate of drug-likeness (QED) is 0.514. The lowest BCUT2D eigenvalue weighted by molar-refractivity contribution is 0.103. The third-order valence-corrected chi connectivity index (χ3v) is 3.00. The lowest BCUT2D eigenvalue weighted by Gasteiger charge is -2.01. The third kappa shape index (κ3) is 3.08. The van der Waals surface area contributed by atoms with Gasteiger partial charge in [0.2, 0.25) is 0 Å². The van der Waals surface area contributed by atoms with Gasteiger partial charge in [0, 0.05) is 28.4 Å². The van der Waals surface area contributed by atoms with Gasteiger partial charge < -0.3 is 10.7 Å². The maximum Gasteiger partial charge on any atom is 0.194 e. The molecule has 0 saturated carbocycles. The minimum atomic E-state index is -0.484. The molecule has 2 aromatic heterocycles. The van der Waals surface area contributed by atoms with Crippen LogP contribution < -0.4 is 5.73 Å². The van der Waals surface area contributed by atoms with Gasteiger partial charge in [0.25, 0.3) is 0 Å². The molecule has 21 heavy (non-hydrogen) atoms. The largest absolute Gasteiger partial charge is 0.399 e. The van der Waals surface area contributed by atoms with E-state index in [4.69, 9.17) is 5.73 Å². The lowest BCUT2D eigenvalue weighted by Crippen LogP contribution is -2.04. The molecule has 2 rings (SSSR count). The molecule has 0 amide bonds. The number of carbonyl (C=O) groups excluding carboxylic acids is 1. The van der Waals surface area contributed by atoms with Gasteiger partial charge in [-0.15, -0.1) is 0 Å². The summed E-state index contributed by atoms with van der Waals surface area (Å²) in [6.45, 7) is 3.59. The van der Waals surface area contributed by atoms with E-state index in [9.17, 15) is 9.18 Å². The highest BCUT2D eigenvalue weighted by Gasteiger charge is 2.16. The number of hydrogen-bond acceptors (Lipinski definition) is 3. The molecule has 0 atom stereocenters. The first kappa shape index (κ1) is 14.7. The molecule has 0 bridgehead atoms. The second kappa shape index (κ2) is 6.17. The first-order chi connectivity index (χ1) is 10.1. The van der Waals surface area contributed by atoms with Crippen LogP contribution in [0.3, 0.4) is 0 Å². The van der Waals surface area contributed by atoms with Crippen LogP contribution in [0.4, 0.5) is 4.39 Å². The topological polar surface area (TPSA) is 71.8 Å². The van der Waals surface area contributed by atoms with Crippen LogP contribution in [0.2, 0.25) is 0 Å².